The Morgan fingerprint density at radius 3 is 2.09 bits per heavy atom. The van der Waals surface area contributed by atoms with E-state index in [4.69, 9.17) is 14.2 Å². The molecule has 0 aromatic rings. The van der Waals surface area contributed by atoms with Gasteiger partial charge in [0.1, 0.15) is 12.2 Å². The minimum absolute atomic E-state index is 0.0271. The quantitative estimate of drug-likeness (QED) is 0.0966. The van der Waals surface area contributed by atoms with Crippen molar-refractivity contribution in [2.75, 3.05) is 26.4 Å². The molecule has 196 valence electrons. The van der Waals surface area contributed by atoms with E-state index in [1.54, 1.807) is 0 Å². The van der Waals surface area contributed by atoms with Gasteiger partial charge in [0.05, 0.1) is 19.8 Å². The first-order valence-electron chi connectivity index (χ1n) is 13.4. The molecule has 1 aliphatic rings. The number of unbranched alkanes of at least 4 members (excludes halogenated alkanes) is 12. The highest BCUT2D eigenvalue weighted by Crippen LogP contribution is 2.30. The third-order valence-electron chi connectivity index (χ3n) is 6.16. The maximum atomic E-state index is 12.0. The van der Waals surface area contributed by atoms with Crippen LogP contribution in [0.15, 0.2) is 23.8 Å². The summed E-state index contributed by atoms with van der Waals surface area (Å²) in [4.78, 5) is 23.0. The second kappa shape index (κ2) is 19.6. The number of rotatable bonds is 20. The van der Waals surface area contributed by atoms with Crippen LogP contribution in [0.25, 0.3) is 0 Å². The Kier molecular flexibility index (Phi) is 17.5. The number of hydrogen-bond donors (Lipinski definition) is 1. The molecular formula is C28H48O6. The zero-order valence-corrected chi connectivity index (χ0v) is 21.7. The van der Waals surface area contributed by atoms with Gasteiger partial charge in [-0.2, -0.15) is 0 Å². The van der Waals surface area contributed by atoms with Crippen molar-refractivity contribution in [3.05, 3.63) is 23.8 Å². The lowest BCUT2D eigenvalue weighted by Gasteiger charge is -2.24. The van der Waals surface area contributed by atoms with Crippen molar-refractivity contribution >= 4 is 11.9 Å². The third-order valence-corrected chi connectivity index (χ3v) is 6.16. The van der Waals surface area contributed by atoms with Crippen LogP contribution in [0.2, 0.25) is 0 Å². The highest BCUT2D eigenvalue weighted by Gasteiger charge is 2.38. The van der Waals surface area contributed by atoms with Crippen molar-refractivity contribution in [3.63, 3.8) is 0 Å². The van der Waals surface area contributed by atoms with Gasteiger partial charge in [-0.25, -0.2) is 4.79 Å². The fraction of sp³-hybridized carbons (Fsp3) is 0.786. The Hall–Kier alpha value is -1.66. The van der Waals surface area contributed by atoms with E-state index >= 15 is 0 Å². The van der Waals surface area contributed by atoms with Crippen LogP contribution >= 0.6 is 0 Å². The van der Waals surface area contributed by atoms with Crippen LogP contribution in [0.5, 0.6) is 0 Å². The fourth-order valence-electron chi connectivity index (χ4n) is 4.06. The second-order valence-corrected chi connectivity index (χ2v) is 9.49. The van der Waals surface area contributed by atoms with E-state index in [2.05, 4.69) is 19.1 Å². The molecule has 6 nitrogen and oxygen atoms in total. The predicted molar refractivity (Wildman–Crippen MR) is 136 cm³/mol. The minimum atomic E-state index is -0.957. The molecule has 1 N–H and O–H groups in total. The summed E-state index contributed by atoms with van der Waals surface area (Å²) < 4.78 is 15.8. The van der Waals surface area contributed by atoms with Gasteiger partial charge in [0, 0.05) is 19.4 Å². The Balaban J connectivity index is 1.97. The van der Waals surface area contributed by atoms with Crippen LogP contribution < -0.4 is 0 Å². The Labute approximate surface area is 207 Å². The third kappa shape index (κ3) is 15.3. The maximum absolute atomic E-state index is 12.0. The Morgan fingerprint density at radius 1 is 0.912 bits per heavy atom. The van der Waals surface area contributed by atoms with E-state index in [9.17, 15) is 14.7 Å². The molecule has 1 heterocycles. The molecule has 6 heteroatoms. The first kappa shape index (κ1) is 30.4. The second-order valence-electron chi connectivity index (χ2n) is 9.49. The van der Waals surface area contributed by atoms with Gasteiger partial charge in [-0.15, -0.1) is 0 Å². The largest absolute Gasteiger partial charge is 0.463 e. The van der Waals surface area contributed by atoms with Gasteiger partial charge in [-0.1, -0.05) is 76.9 Å². The standard InChI is InChI=1S/C28H48O6/c1-3-4-5-6-7-8-9-10-11-12-13-14-15-16-17-18-19-32-27(31)20-26-21-28(23-29,34-22-26)24-33-25(2)30/h10-11,20,29H,3-9,12-19,21-24H2,1-2H3/b11-10+,26-20+. The fourth-order valence-corrected chi connectivity index (χ4v) is 4.06. The normalized spacial score (nSPS) is 19.2. The number of aliphatic hydroxyl groups is 1. The number of carbonyl (C=O) groups excluding carboxylic acids is 2. The minimum Gasteiger partial charge on any atom is -0.463 e. The number of carbonyl (C=O) groups is 2. The van der Waals surface area contributed by atoms with E-state index in [-0.39, 0.29) is 25.8 Å². The molecule has 0 radical (unpaired) electrons. The molecule has 0 saturated carbocycles. The molecule has 0 aromatic carbocycles. The monoisotopic (exact) mass is 480 g/mol. The molecule has 1 fully saturated rings. The van der Waals surface area contributed by atoms with Crippen LogP contribution in [-0.4, -0.2) is 49.1 Å². The van der Waals surface area contributed by atoms with E-state index in [0.29, 0.717) is 13.0 Å². The number of ether oxygens (including phenoxy) is 3. The molecule has 1 aliphatic heterocycles. The number of hydrogen-bond acceptors (Lipinski definition) is 6. The van der Waals surface area contributed by atoms with Crippen LogP contribution in [0.4, 0.5) is 0 Å². The summed E-state index contributed by atoms with van der Waals surface area (Å²) in [5.74, 6) is -0.809. The van der Waals surface area contributed by atoms with Crippen molar-refractivity contribution in [1.82, 2.24) is 0 Å². The summed E-state index contributed by atoms with van der Waals surface area (Å²) in [5.41, 5.74) is -0.214. The highest BCUT2D eigenvalue weighted by molar-refractivity contribution is 5.83. The molecule has 0 bridgehead atoms. The summed E-state index contributed by atoms with van der Waals surface area (Å²) in [7, 11) is 0. The van der Waals surface area contributed by atoms with Gasteiger partial charge in [-0.3, -0.25) is 4.79 Å². The predicted octanol–water partition coefficient (Wildman–Crippen LogP) is 6.21. The van der Waals surface area contributed by atoms with E-state index in [1.165, 1.54) is 90.0 Å². The molecule has 1 atom stereocenters. The topological polar surface area (TPSA) is 82.1 Å². The smallest absolute Gasteiger partial charge is 0.330 e. The molecule has 1 unspecified atom stereocenters. The molecule has 0 amide bonds. The van der Waals surface area contributed by atoms with Crippen molar-refractivity contribution in [3.8, 4) is 0 Å². The zero-order valence-electron chi connectivity index (χ0n) is 21.7. The molecule has 0 aromatic heterocycles. The van der Waals surface area contributed by atoms with E-state index in [0.717, 1.165) is 18.4 Å². The average molecular weight is 481 g/mol. The first-order valence-corrected chi connectivity index (χ1v) is 13.4. The first-order chi connectivity index (χ1) is 16.5. The lowest BCUT2D eigenvalue weighted by molar-refractivity contribution is -0.152. The van der Waals surface area contributed by atoms with Gasteiger partial charge in [-0.05, 0) is 37.7 Å². The summed E-state index contributed by atoms with van der Waals surface area (Å²) in [6.07, 6.45) is 23.9. The summed E-state index contributed by atoms with van der Waals surface area (Å²) in [6.45, 7) is 3.91. The van der Waals surface area contributed by atoms with Crippen molar-refractivity contribution < 1.29 is 28.9 Å². The summed E-state index contributed by atoms with van der Waals surface area (Å²) in [5, 5.41) is 9.58. The number of esters is 2. The lowest BCUT2D eigenvalue weighted by Crippen LogP contribution is -2.38. The van der Waals surface area contributed by atoms with Crippen LogP contribution in [0.3, 0.4) is 0 Å². The van der Waals surface area contributed by atoms with Crippen molar-refractivity contribution in [1.29, 1.82) is 0 Å². The Bertz CT molecular complexity index is 612. The zero-order chi connectivity index (χ0) is 24.9. The molecule has 1 rings (SSSR count). The number of allylic oxidation sites excluding steroid dienone is 2. The number of aliphatic hydroxyl groups excluding tert-OH is 1. The highest BCUT2D eigenvalue weighted by atomic mass is 16.6. The maximum Gasteiger partial charge on any atom is 0.330 e. The summed E-state index contributed by atoms with van der Waals surface area (Å²) >= 11 is 0. The molecule has 0 aliphatic carbocycles. The molecule has 1 saturated heterocycles. The van der Waals surface area contributed by atoms with E-state index in [1.807, 2.05) is 0 Å². The van der Waals surface area contributed by atoms with Crippen LogP contribution in [-0.2, 0) is 23.8 Å². The van der Waals surface area contributed by atoms with Crippen molar-refractivity contribution in [2.45, 2.75) is 116 Å². The molecule has 0 spiro atoms. The van der Waals surface area contributed by atoms with Crippen molar-refractivity contribution in [2.24, 2.45) is 0 Å². The van der Waals surface area contributed by atoms with E-state index < -0.39 is 11.6 Å². The summed E-state index contributed by atoms with van der Waals surface area (Å²) in [6, 6.07) is 0. The van der Waals surface area contributed by atoms with Crippen LogP contribution in [0.1, 0.15) is 110 Å². The van der Waals surface area contributed by atoms with Gasteiger partial charge < -0.3 is 19.3 Å². The van der Waals surface area contributed by atoms with Gasteiger partial charge in [0.25, 0.3) is 0 Å². The van der Waals surface area contributed by atoms with Gasteiger partial charge in [0.2, 0.25) is 0 Å². The Morgan fingerprint density at radius 2 is 1.50 bits per heavy atom. The van der Waals surface area contributed by atoms with Gasteiger partial charge in [0.15, 0.2) is 0 Å². The lowest BCUT2D eigenvalue weighted by atomic mass is 9.99. The SMILES string of the molecule is CCCCCCCC/C=C/CCCCCCCCOC(=O)/C=C1/COC(CO)(COC(C)=O)C1. The molecular weight excluding hydrogens is 432 g/mol. The van der Waals surface area contributed by atoms with Gasteiger partial charge >= 0.3 is 11.9 Å². The molecule has 34 heavy (non-hydrogen) atoms. The average Bonchev–Trinajstić information content (AvgIpc) is 3.23. The van der Waals surface area contributed by atoms with Crippen LogP contribution in [0, 0.1) is 0 Å².